The summed E-state index contributed by atoms with van der Waals surface area (Å²) in [5, 5.41) is 0. The van der Waals surface area contributed by atoms with Crippen LogP contribution in [0.15, 0.2) is 48.9 Å². The molecular formula is C25H22F4N4O2. The summed E-state index contributed by atoms with van der Waals surface area (Å²) >= 11 is 0. The van der Waals surface area contributed by atoms with Crippen LogP contribution in [0, 0.1) is 18.7 Å². The maximum atomic E-state index is 14.5. The van der Waals surface area contributed by atoms with Crippen molar-refractivity contribution < 1.29 is 27.1 Å². The Labute approximate surface area is 199 Å². The highest BCUT2D eigenvalue weighted by Crippen LogP contribution is 2.39. The van der Waals surface area contributed by atoms with Gasteiger partial charge >= 0.3 is 6.18 Å². The summed E-state index contributed by atoms with van der Waals surface area (Å²) in [5.74, 6) is -0.659. The van der Waals surface area contributed by atoms with Crippen molar-refractivity contribution in [2.45, 2.75) is 44.5 Å². The average molecular weight is 486 g/mol. The van der Waals surface area contributed by atoms with Crippen molar-refractivity contribution in [2.24, 2.45) is 5.92 Å². The lowest BCUT2D eigenvalue weighted by Gasteiger charge is -2.49. The molecule has 35 heavy (non-hydrogen) atoms. The maximum Gasteiger partial charge on any atom is 0.417 e. The first-order valence-corrected chi connectivity index (χ1v) is 11.3. The predicted molar refractivity (Wildman–Crippen MR) is 118 cm³/mol. The number of rotatable bonds is 4. The fourth-order valence-corrected chi connectivity index (χ4v) is 4.90. The third-order valence-corrected chi connectivity index (χ3v) is 6.56. The highest BCUT2D eigenvalue weighted by molar-refractivity contribution is 5.99. The Bertz CT molecular complexity index is 1250. The van der Waals surface area contributed by atoms with Crippen molar-refractivity contribution in [2.75, 3.05) is 6.54 Å². The zero-order valence-corrected chi connectivity index (χ0v) is 18.8. The number of aryl methyl sites for hydroxylation is 1. The molecule has 0 spiro atoms. The van der Waals surface area contributed by atoms with Crippen LogP contribution in [0.1, 0.15) is 40.9 Å². The zero-order chi connectivity index (χ0) is 24.7. The number of aromatic nitrogens is 3. The van der Waals surface area contributed by atoms with Gasteiger partial charge in [-0.1, -0.05) is 0 Å². The molecule has 0 radical (unpaired) electrons. The SMILES string of the molecule is Cc1cnc(C(=O)N2C[C@H]3CC[C@H]2[C@H](Oc2ccc(C(F)(F)F)cn2)C3)c(-c2ncccc2F)c1. The van der Waals surface area contributed by atoms with E-state index in [4.69, 9.17) is 4.74 Å². The molecule has 1 saturated carbocycles. The molecule has 10 heteroatoms. The van der Waals surface area contributed by atoms with Crippen LogP contribution in [0.2, 0.25) is 0 Å². The van der Waals surface area contributed by atoms with Crippen LogP contribution < -0.4 is 4.74 Å². The van der Waals surface area contributed by atoms with E-state index in [0.29, 0.717) is 24.9 Å². The quantitative estimate of drug-likeness (QED) is 0.482. The van der Waals surface area contributed by atoms with Crippen LogP contribution >= 0.6 is 0 Å². The number of pyridine rings is 3. The molecule has 3 atom stereocenters. The summed E-state index contributed by atoms with van der Waals surface area (Å²) in [7, 11) is 0. The molecule has 2 saturated heterocycles. The van der Waals surface area contributed by atoms with Crippen molar-refractivity contribution in [3.63, 3.8) is 0 Å². The number of carbonyl (C=O) groups excluding carboxylic acids is 1. The van der Waals surface area contributed by atoms with E-state index < -0.39 is 23.7 Å². The molecule has 3 fully saturated rings. The van der Waals surface area contributed by atoms with Gasteiger partial charge in [-0.25, -0.2) is 9.37 Å². The Morgan fingerprint density at radius 3 is 2.63 bits per heavy atom. The summed E-state index contributed by atoms with van der Waals surface area (Å²) in [6.07, 6.45) is 1.11. The standard InChI is InChI=1S/C25H22F4N4O2/c1-14-9-17(22-18(26)3-2-8-30-22)23(32-11-14)24(34)33-13-15-4-6-19(33)20(10-15)35-21-7-5-16(12-31-21)25(27,28)29/h2-3,5,7-9,11-12,15,19-20H,4,6,10,13H2,1H3/t15-,19-,20+/m0/s1. The van der Waals surface area contributed by atoms with Gasteiger partial charge in [0, 0.05) is 36.8 Å². The van der Waals surface area contributed by atoms with Crippen molar-refractivity contribution in [3.05, 3.63) is 71.6 Å². The predicted octanol–water partition coefficient (Wildman–Crippen LogP) is 5.08. The molecule has 3 aromatic rings. The van der Waals surface area contributed by atoms with Crippen molar-refractivity contribution in [1.29, 1.82) is 0 Å². The van der Waals surface area contributed by atoms with E-state index in [9.17, 15) is 22.4 Å². The number of hydrogen-bond donors (Lipinski definition) is 0. The molecule has 182 valence electrons. The molecule has 0 N–H and O–H groups in total. The van der Waals surface area contributed by atoms with Gasteiger partial charge in [0.05, 0.1) is 11.6 Å². The molecule has 0 unspecified atom stereocenters. The lowest BCUT2D eigenvalue weighted by atomic mass is 9.77. The van der Waals surface area contributed by atoms with E-state index in [-0.39, 0.29) is 35.1 Å². The lowest BCUT2D eigenvalue weighted by Crippen LogP contribution is -2.59. The minimum atomic E-state index is -4.48. The fourth-order valence-electron chi connectivity index (χ4n) is 4.90. The monoisotopic (exact) mass is 486 g/mol. The zero-order valence-electron chi connectivity index (χ0n) is 18.8. The highest BCUT2D eigenvalue weighted by Gasteiger charge is 2.45. The smallest absolute Gasteiger partial charge is 0.417 e. The maximum absolute atomic E-state index is 14.5. The molecule has 1 aliphatic carbocycles. The van der Waals surface area contributed by atoms with Crippen LogP contribution in [-0.2, 0) is 6.18 Å². The molecule has 0 aromatic carbocycles. The molecule has 6 nitrogen and oxygen atoms in total. The van der Waals surface area contributed by atoms with Gasteiger partial charge in [0.25, 0.3) is 5.91 Å². The third-order valence-electron chi connectivity index (χ3n) is 6.56. The Balaban J connectivity index is 1.41. The number of carbonyl (C=O) groups is 1. The summed E-state index contributed by atoms with van der Waals surface area (Å²) in [6.45, 7) is 2.30. The van der Waals surface area contributed by atoms with E-state index in [1.165, 1.54) is 24.4 Å². The van der Waals surface area contributed by atoms with E-state index in [2.05, 4.69) is 15.0 Å². The topological polar surface area (TPSA) is 68.2 Å². The van der Waals surface area contributed by atoms with Gasteiger partial charge < -0.3 is 9.64 Å². The molecule has 2 bridgehead atoms. The van der Waals surface area contributed by atoms with E-state index >= 15 is 0 Å². The first-order valence-electron chi connectivity index (χ1n) is 11.3. The third kappa shape index (κ3) is 4.56. The number of halogens is 4. The highest BCUT2D eigenvalue weighted by atomic mass is 19.4. The van der Waals surface area contributed by atoms with Crippen molar-refractivity contribution in [1.82, 2.24) is 19.9 Å². The molecule has 3 aliphatic rings. The van der Waals surface area contributed by atoms with Gasteiger partial charge in [0.2, 0.25) is 5.88 Å². The number of nitrogens with zero attached hydrogens (tertiary/aromatic N) is 4. The molecule has 1 amide bonds. The largest absolute Gasteiger partial charge is 0.472 e. The average Bonchev–Trinajstić information content (AvgIpc) is 2.84. The van der Waals surface area contributed by atoms with Gasteiger partial charge in [-0.15, -0.1) is 0 Å². The molecule has 3 aromatic heterocycles. The molecule has 2 aliphatic heterocycles. The van der Waals surface area contributed by atoms with E-state index in [1.54, 1.807) is 24.1 Å². The summed E-state index contributed by atoms with van der Waals surface area (Å²) < 4.78 is 59.0. The van der Waals surface area contributed by atoms with Crippen molar-refractivity contribution in [3.8, 4) is 17.1 Å². The van der Waals surface area contributed by atoms with Crippen LogP contribution in [0.25, 0.3) is 11.3 Å². The van der Waals surface area contributed by atoms with Crippen LogP contribution in [0.3, 0.4) is 0 Å². The number of amides is 1. The lowest BCUT2D eigenvalue weighted by molar-refractivity contribution is -0.137. The van der Waals surface area contributed by atoms with Gasteiger partial charge in [-0.2, -0.15) is 13.2 Å². The first-order chi connectivity index (χ1) is 16.7. The summed E-state index contributed by atoms with van der Waals surface area (Å²) in [6, 6.07) is 6.26. The second kappa shape index (κ2) is 8.90. The second-order valence-electron chi connectivity index (χ2n) is 8.99. The van der Waals surface area contributed by atoms with Crippen LogP contribution in [0.5, 0.6) is 5.88 Å². The first kappa shape index (κ1) is 23.2. The summed E-state index contributed by atoms with van der Waals surface area (Å²) in [4.78, 5) is 27.6. The van der Waals surface area contributed by atoms with Gasteiger partial charge in [-0.3, -0.25) is 14.8 Å². The number of fused-ring (bicyclic) bond motifs is 3. The van der Waals surface area contributed by atoms with Gasteiger partial charge in [0.1, 0.15) is 23.3 Å². The Hall–Kier alpha value is -3.56. The summed E-state index contributed by atoms with van der Waals surface area (Å²) in [5.41, 5.74) is 0.377. The van der Waals surface area contributed by atoms with Crippen molar-refractivity contribution >= 4 is 5.91 Å². The minimum absolute atomic E-state index is 0.0518. The normalized spacial score (nSPS) is 21.7. The molecule has 5 heterocycles. The minimum Gasteiger partial charge on any atom is -0.472 e. The van der Waals surface area contributed by atoms with Crippen LogP contribution in [0.4, 0.5) is 17.6 Å². The Kier molecular flexibility index (Phi) is 5.90. The second-order valence-corrected chi connectivity index (χ2v) is 8.99. The molecule has 6 rings (SSSR count). The number of hydrogen-bond acceptors (Lipinski definition) is 5. The number of ether oxygens (including phenoxy) is 1. The van der Waals surface area contributed by atoms with Gasteiger partial charge in [-0.05, 0) is 61.9 Å². The van der Waals surface area contributed by atoms with Crippen LogP contribution in [-0.4, -0.2) is 44.4 Å². The van der Waals surface area contributed by atoms with E-state index in [0.717, 1.165) is 24.2 Å². The van der Waals surface area contributed by atoms with E-state index in [1.807, 2.05) is 0 Å². The number of alkyl halides is 3. The fraction of sp³-hybridized carbons (Fsp3) is 0.360. The van der Waals surface area contributed by atoms with Gasteiger partial charge in [0.15, 0.2) is 0 Å². The Morgan fingerprint density at radius 1 is 1.11 bits per heavy atom. The Morgan fingerprint density at radius 2 is 1.94 bits per heavy atom. The molecular weight excluding hydrogens is 464 g/mol. The number of piperidine rings is 2.